The molecule has 6 nitrogen and oxygen atoms in total. The normalized spacial score (nSPS) is 21.1. The van der Waals surface area contributed by atoms with Crippen LogP contribution in [0.2, 0.25) is 0 Å². The van der Waals surface area contributed by atoms with Crippen LogP contribution in [0.4, 0.5) is 5.69 Å². The fourth-order valence-corrected chi connectivity index (χ4v) is 6.49. The number of amides is 2. The third-order valence-corrected chi connectivity index (χ3v) is 7.99. The van der Waals surface area contributed by atoms with Crippen molar-refractivity contribution in [1.29, 1.82) is 0 Å². The molecule has 1 fully saturated rings. The topological polar surface area (TPSA) is 61.9 Å². The predicted octanol–water partition coefficient (Wildman–Crippen LogP) is 4.92. The molecule has 5 rings (SSSR count). The van der Waals surface area contributed by atoms with Gasteiger partial charge in [0.15, 0.2) is 0 Å². The van der Waals surface area contributed by atoms with E-state index >= 15 is 0 Å². The minimum absolute atomic E-state index is 0.00366. The molecule has 1 saturated heterocycles. The molecule has 0 radical (unpaired) electrons. The number of ether oxygens (including phenoxy) is 1. The van der Waals surface area contributed by atoms with Crippen LogP contribution in [0.1, 0.15) is 42.0 Å². The first-order chi connectivity index (χ1) is 17.5. The Kier molecular flexibility index (Phi) is 6.92. The summed E-state index contributed by atoms with van der Waals surface area (Å²) < 4.78 is 5.31. The van der Waals surface area contributed by atoms with Gasteiger partial charge in [-0.05, 0) is 43.2 Å². The third-order valence-electron chi connectivity index (χ3n) is 6.67. The highest BCUT2D eigenvalue weighted by Gasteiger charge is 2.48. The average molecular weight is 502 g/mol. The third kappa shape index (κ3) is 4.55. The van der Waals surface area contributed by atoms with Crippen LogP contribution in [0.25, 0.3) is 0 Å². The number of carbonyl (C=O) groups excluding carboxylic acids is 2. The van der Waals surface area contributed by atoms with E-state index in [1.807, 2.05) is 80.6 Å². The lowest BCUT2D eigenvalue weighted by Crippen LogP contribution is -2.49. The van der Waals surface area contributed by atoms with Crippen molar-refractivity contribution in [2.75, 3.05) is 17.8 Å². The van der Waals surface area contributed by atoms with Gasteiger partial charge in [-0.25, -0.2) is 0 Å². The number of fused-ring (bicyclic) bond motifs is 3. The van der Waals surface area contributed by atoms with Gasteiger partial charge in [-0.3, -0.25) is 9.59 Å². The zero-order valence-corrected chi connectivity index (χ0v) is 21.6. The maximum Gasteiger partial charge on any atom is 0.247 e. The molecular formula is C29H31N3O3S. The van der Waals surface area contributed by atoms with E-state index in [9.17, 15) is 9.59 Å². The van der Waals surface area contributed by atoms with Gasteiger partial charge < -0.3 is 19.9 Å². The fraction of sp³-hybridized carbons (Fsp3) is 0.310. The largest absolute Gasteiger partial charge is 0.497 e. The van der Waals surface area contributed by atoms with Crippen LogP contribution in [-0.4, -0.2) is 41.7 Å². The molecule has 3 atom stereocenters. The molecule has 36 heavy (non-hydrogen) atoms. The van der Waals surface area contributed by atoms with Crippen molar-refractivity contribution in [2.45, 2.75) is 43.9 Å². The summed E-state index contributed by atoms with van der Waals surface area (Å²) in [7, 11) is 1.63. The average Bonchev–Trinajstić information content (AvgIpc) is 3.30. The summed E-state index contributed by atoms with van der Waals surface area (Å²) in [5.74, 6) is 1.22. The maximum absolute atomic E-state index is 14.3. The van der Waals surface area contributed by atoms with E-state index < -0.39 is 6.04 Å². The molecule has 2 aliphatic heterocycles. The summed E-state index contributed by atoms with van der Waals surface area (Å²) in [5.41, 5.74) is 3.89. The Bertz CT molecular complexity index is 1230. The number of nitrogens with zero attached hydrogens (tertiary/aromatic N) is 2. The molecule has 0 saturated carbocycles. The number of nitrogens with one attached hydrogen (secondary N) is 1. The van der Waals surface area contributed by atoms with Crippen LogP contribution >= 0.6 is 11.8 Å². The highest BCUT2D eigenvalue weighted by Crippen LogP contribution is 2.49. The number of para-hydroxylation sites is 1. The molecule has 3 unspecified atom stereocenters. The van der Waals surface area contributed by atoms with Crippen molar-refractivity contribution >= 4 is 29.3 Å². The van der Waals surface area contributed by atoms with E-state index in [2.05, 4.69) is 22.3 Å². The first-order valence-corrected chi connectivity index (χ1v) is 13.3. The summed E-state index contributed by atoms with van der Waals surface area (Å²) in [6.45, 7) is 4.21. The summed E-state index contributed by atoms with van der Waals surface area (Å²) in [6, 6.07) is 24.8. The summed E-state index contributed by atoms with van der Waals surface area (Å²) >= 11 is 1.77. The lowest BCUT2D eigenvalue weighted by Gasteiger charge is -2.32. The Morgan fingerprint density at radius 1 is 1.03 bits per heavy atom. The van der Waals surface area contributed by atoms with Gasteiger partial charge >= 0.3 is 0 Å². The highest BCUT2D eigenvalue weighted by atomic mass is 32.2. The van der Waals surface area contributed by atoms with Crippen LogP contribution in [-0.2, 0) is 16.1 Å². The minimum atomic E-state index is -0.731. The second-order valence-corrected chi connectivity index (χ2v) is 10.6. The number of carbonyl (C=O) groups is 2. The van der Waals surface area contributed by atoms with Crippen LogP contribution < -0.4 is 15.0 Å². The first kappa shape index (κ1) is 24.3. The molecule has 7 heteroatoms. The molecular weight excluding hydrogens is 470 g/mol. The Morgan fingerprint density at radius 2 is 1.72 bits per heavy atom. The summed E-state index contributed by atoms with van der Waals surface area (Å²) in [6.07, 6.45) is 0. The maximum atomic E-state index is 14.3. The molecule has 1 N–H and O–H groups in total. The van der Waals surface area contributed by atoms with Crippen molar-refractivity contribution < 1.29 is 14.3 Å². The molecule has 0 spiro atoms. The zero-order chi connectivity index (χ0) is 25.2. The van der Waals surface area contributed by atoms with Crippen molar-refractivity contribution in [3.63, 3.8) is 0 Å². The second kappa shape index (κ2) is 10.3. The van der Waals surface area contributed by atoms with Gasteiger partial charge in [-0.1, -0.05) is 60.7 Å². The van der Waals surface area contributed by atoms with E-state index in [0.717, 1.165) is 28.1 Å². The van der Waals surface area contributed by atoms with Crippen LogP contribution in [0, 0.1) is 0 Å². The van der Waals surface area contributed by atoms with Gasteiger partial charge in [0.1, 0.15) is 23.2 Å². The monoisotopic (exact) mass is 501 g/mol. The van der Waals surface area contributed by atoms with Gasteiger partial charge in [-0.15, -0.1) is 11.8 Å². The second-order valence-electron chi connectivity index (χ2n) is 9.46. The first-order valence-electron chi connectivity index (χ1n) is 12.3. The summed E-state index contributed by atoms with van der Waals surface area (Å²) in [4.78, 5) is 31.9. The van der Waals surface area contributed by atoms with Gasteiger partial charge in [-0.2, -0.15) is 0 Å². The van der Waals surface area contributed by atoms with Crippen LogP contribution in [0.15, 0.2) is 78.9 Å². The van der Waals surface area contributed by atoms with Crippen molar-refractivity contribution in [3.05, 3.63) is 95.6 Å². The molecule has 0 aliphatic carbocycles. The summed E-state index contributed by atoms with van der Waals surface area (Å²) in [5, 5.41) is 3.06. The van der Waals surface area contributed by atoms with E-state index in [-0.39, 0.29) is 29.3 Å². The molecule has 186 valence electrons. The number of rotatable bonds is 6. The van der Waals surface area contributed by atoms with E-state index in [1.54, 1.807) is 23.8 Å². The smallest absolute Gasteiger partial charge is 0.247 e. The Hall–Kier alpha value is -3.45. The van der Waals surface area contributed by atoms with E-state index in [4.69, 9.17) is 4.74 Å². The van der Waals surface area contributed by atoms with E-state index in [1.165, 1.54) is 0 Å². The van der Waals surface area contributed by atoms with E-state index in [0.29, 0.717) is 12.3 Å². The van der Waals surface area contributed by atoms with Gasteiger partial charge in [0, 0.05) is 29.6 Å². The van der Waals surface area contributed by atoms with Crippen molar-refractivity contribution in [3.8, 4) is 5.75 Å². The molecule has 0 bridgehead atoms. The van der Waals surface area contributed by atoms with Gasteiger partial charge in [0.05, 0.1) is 7.11 Å². The Labute approximate surface area is 216 Å². The molecule has 3 aromatic rings. The quantitative estimate of drug-likeness (QED) is 0.519. The number of benzene rings is 3. The predicted molar refractivity (Wildman–Crippen MR) is 144 cm³/mol. The Morgan fingerprint density at radius 3 is 2.42 bits per heavy atom. The number of methoxy groups -OCH3 is 1. The van der Waals surface area contributed by atoms with Gasteiger partial charge in [0.25, 0.3) is 0 Å². The van der Waals surface area contributed by atoms with Crippen molar-refractivity contribution in [1.82, 2.24) is 10.2 Å². The number of hydrogen-bond donors (Lipinski definition) is 1. The Balaban J connectivity index is 1.62. The minimum Gasteiger partial charge on any atom is -0.497 e. The number of anilines is 1. The number of hydrogen-bond acceptors (Lipinski definition) is 5. The fourth-order valence-electron chi connectivity index (χ4n) is 5.05. The lowest BCUT2D eigenvalue weighted by atomic mass is 10.0. The SMILES string of the molecule is COc1ccc(CN2C(=O)C3CSC(c4ccccc4)N3c3ccccc3C2C(=O)NC(C)C)cc1. The molecule has 0 aromatic heterocycles. The zero-order valence-electron chi connectivity index (χ0n) is 20.8. The lowest BCUT2D eigenvalue weighted by molar-refractivity contribution is -0.142. The molecule has 2 aliphatic rings. The van der Waals surface area contributed by atoms with Crippen LogP contribution in [0.3, 0.4) is 0 Å². The van der Waals surface area contributed by atoms with Gasteiger partial charge in [0.2, 0.25) is 11.8 Å². The standard InChI is InChI=1S/C29H31N3O3S/c1-19(2)30-27(33)26-23-11-7-8-12-24(23)32-25(18-36-29(32)21-9-5-4-6-10-21)28(34)31(26)17-20-13-15-22(35-3)16-14-20/h4-16,19,25-26,29H,17-18H2,1-3H3,(H,30,33). The highest BCUT2D eigenvalue weighted by molar-refractivity contribution is 8.00. The van der Waals surface area contributed by atoms with Crippen molar-refractivity contribution in [2.24, 2.45) is 0 Å². The van der Waals surface area contributed by atoms with Crippen LogP contribution in [0.5, 0.6) is 5.75 Å². The molecule has 3 aromatic carbocycles. The molecule has 2 heterocycles. The molecule has 2 amide bonds. The number of thioether (sulfide) groups is 1.